The minimum atomic E-state index is 0.214. The molecule has 2 nitrogen and oxygen atoms in total. The Morgan fingerprint density at radius 3 is 2.58 bits per heavy atom. The first kappa shape index (κ1) is 15.7. The van der Waals surface area contributed by atoms with Gasteiger partial charge in [0.05, 0.1) is 6.07 Å². The molecule has 0 aliphatic heterocycles. The Hall–Kier alpha value is -1.33. The molecule has 2 heteroatoms. The van der Waals surface area contributed by atoms with Crippen molar-refractivity contribution >= 4 is 0 Å². The fourth-order valence-electron chi connectivity index (χ4n) is 2.18. The SMILES string of the molecule is CC(CCNCC(C)(C)CCC#N)c1ccccc1. The van der Waals surface area contributed by atoms with Crippen molar-refractivity contribution in [1.29, 1.82) is 5.26 Å². The molecule has 0 amide bonds. The average Bonchev–Trinajstić information content (AvgIpc) is 2.42. The van der Waals surface area contributed by atoms with E-state index in [1.165, 1.54) is 5.56 Å². The normalized spacial score (nSPS) is 12.9. The molecule has 1 rings (SSSR count). The second kappa shape index (κ2) is 7.96. The fourth-order valence-corrected chi connectivity index (χ4v) is 2.18. The van der Waals surface area contributed by atoms with E-state index in [0.29, 0.717) is 12.3 Å². The van der Waals surface area contributed by atoms with Gasteiger partial charge in [0.15, 0.2) is 0 Å². The van der Waals surface area contributed by atoms with Crippen LogP contribution in [0, 0.1) is 16.7 Å². The summed E-state index contributed by atoms with van der Waals surface area (Å²) in [6.45, 7) is 8.73. The molecule has 0 aliphatic carbocycles. The summed E-state index contributed by atoms with van der Waals surface area (Å²) in [6.07, 6.45) is 2.76. The second-order valence-electron chi connectivity index (χ2n) is 6.10. The van der Waals surface area contributed by atoms with Crippen LogP contribution in [-0.4, -0.2) is 13.1 Å². The summed E-state index contributed by atoms with van der Waals surface area (Å²) < 4.78 is 0. The Morgan fingerprint density at radius 2 is 1.95 bits per heavy atom. The average molecular weight is 258 g/mol. The molecular formula is C17H26N2. The Morgan fingerprint density at radius 1 is 1.26 bits per heavy atom. The van der Waals surface area contributed by atoms with Gasteiger partial charge in [-0.2, -0.15) is 5.26 Å². The molecule has 0 saturated carbocycles. The molecule has 1 aromatic carbocycles. The molecule has 1 N–H and O–H groups in total. The summed E-state index contributed by atoms with van der Waals surface area (Å²) in [7, 11) is 0. The van der Waals surface area contributed by atoms with Gasteiger partial charge < -0.3 is 5.32 Å². The van der Waals surface area contributed by atoms with Crippen molar-refractivity contribution in [3.8, 4) is 6.07 Å². The van der Waals surface area contributed by atoms with E-state index in [-0.39, 0.29) is 5.41 Å². The first-order chi connectivity index (χ1) is 9.05. The predicted molar refractivity (Wildman–Crippen MR) is 81.0 cm³/mol. The van der Waals surface area contributed by atoms with E-state index in [9.17, 15) is 0 Å². The predicted octanol–water partition coefficient (Wildman–Crippen LogP) is 4.10. The molecule has 0 fully saturated rings. The van der Waals surface area contributed by atoms with E-state index in [4.69, 9.17) is 5.26 Å². The van der Waals surface area contributed by atoms with Crippen molar-refractivity contribution in [1.82, 2.24) is 5.32 Å². The first-order valence-corrected chi connectivity index (χ1v) is 7.18. The highest BCUT2D eigenvalue weighted by Crippen LogP contribution is 2.21. The smallest absolute Gasteiger partial charge is 0.0621 e. The summed E-state index contributed by atoms with van der Waals surface area (Å²) in [6, 6.07) is 12.9. The third-order valence-electron chi connectivity index (χ3n) is 3.64. The highest BCUT2D eigenvalue weighted by molar-refractivity contribution is 5.18. The van der Waals surface area contributed by atoms with Crippen molar-refractivity contribution in [3.63, 3.8) is 0 Å². The van der Waals surface area contributed by atoms with Crippen LogP contribution in [0.25, 0.3) is 0 Å². The van der Waals surface area contributed by atoms with Gasteiger partial charge in [-0.05, 0) is 36.3 Å². The monoisotopic (exact) mass is 258 g/mol. The lowest BCUT2D eigenvalue weighted by atomic mass is 9.88. The third-order valence-corrected chi connectivity index (χ3v) is 3.64. The van der Waals surface area contributed by atoms with Gasteiger partial charge in [0.2, 0.25) is 0 Å². The van der Waals surface area contributed by atoms with Crippen LogP contribution in [0.1, 0.15) is 51.5 Å². The van der Waals surface area contributed by atoms with Gasteiger partial charge in [-0.15, -0.1) is 0 Å². The number of hydrogen-bond acceptors (Lipinski definition) is 2. The molecule has 0 heterocycles. The maximum absolute atomic E-state index is 8.63. The van der Waals surface area contributed by atoms with Crippen LogP contribution < -0.4 is 5.32 Å². The fraction of sp³-hybridized carbons (Fsp3) is 0.588. The molecule has 1 atom stereocenters. The Labute approximate surface area is 117 Å². The maximum atomic E-state index is 8.63. The number of benzene rings is 1. The van der Waals surface area contributed by atoms with E-state index in [0.717, 1.165) is 25.9 Å². The second-order valence-corrected chi connectivity index (χ2v) is 6.10. The molecule has 0 aliphatic rings. The van der Waals surface area contributed by atoms with E-state index in [1.807, 2.05) is 0 Å². The lowest BCUT2D eigenvalue weighted by Crippen LogP contribution is -2.30. The maximum Gasteiger partial charge on any atom is 0.0621 e. The zero-order valence-corrected chi connectivity index (χ0v) is 12.4. The topological polar surface area (TPSA) is 35.8 Å². The zero-order chi connectivity index (χ0) is 14.1. The molecule has 19 heavy (non-hydrogen) atoms. The van der Waals surface area contributed by atoms with E-state index < -0.39 is 0 Å². The molecule has 1 aromatic rings. The van der Waals surface area contributed by atoms with Gasteiger partial charge >= 0.3 is 0 Å². The Kier molecular flexibility index (Phi) is 6.59. The molecule has 0 saturated heterocycles. The van der Waals surface area contributed by atoms with Crippen LogP contribution in [0.5, 0.6) is 0 Å². The van der Waals surface area contributed by atoms with Crippen LogP contribution in [0.2, 0.25) is 0 Å². The number of hydrogen-bond donors (Lipinski definition) is 1. The van der Waals surface area contributed by atoms with Gasteiger partial charge in [0, 0.05) is 13.0 Å². The van der Waals surface area contributed by atoms with Crippen molar-refractivity contribution < 1.29 is 0 Å². The number of nitriles is 1. The molecular weight excluding hydrogens is 232 g/mol. The van der Waals surface area contributed by atoms with Crippen LogP contribution >= 0.6 is 0 Å². The molecule has 0 spiro atoms. The Balaban J connectivity index is 2.22. The van der Waals surface area contributed by atoms with Crippen molar-refractivity contribution in [3.05, 3.63) is 35.9 Å². The van der Waals surface area contributed by atoms with E-state index in [1.54, 1.807) is 0 Å². The molecule has 0 aromatic heterocycles. The quantitative estimate of drug-likeness (QED) is 0.713. The first-order valence-electron chi connectivity index (χ1n) is 7.18. The van der Waals surface area contributed by atoms with Crippen molar-refractivity contribution in [2.24, 2.45) is 5.41 Å². The lowest BCUT2D eigenvalue weighted by molar-refractivity contribution is 0.316. The van der Waals surface area contributed by atoms with Crippen LogP contribution in [-0.2, 0) is 0 Å². The number of nitrogens with zero attached hydrogens (tertiary/aromatic N) is 1. The summed E-state index contributed by atoms with van der Waals surface area (Å²) in [5.41, 5.74) is 1.62. The van der Waals surface area contributed by atoms with Crippen molar-refractivity contribution in [2.75, 3.05) is 13.1 Å². The van der Waals surface area contributed by atoms with Crippen LogP contribution in [0.3, 0.4) is 0 Å². The van der Waals surface area contributed by atoms with Gasteiger partial charge in [-0.25, -0.2) is 0 Å². The number of rotatable bonds is 8. The molecule has 0 radical (unpaired) electrons. The summed E-state index contributed by atoms with van der Waals surface area (Å²) in [4.78, 5) is 0. The van der Waals surface area contributed by atoms with Gasteiger partial charge in [-0.1, -0.05) is 51.1 Å². The standard InChI is InChI=1S/C17H26N2/c1-15(16-8-5-4-6-9-16)10-13-19-14-17(2,3)11-7-12-18/h4-6,8-9,15,19H,7,10-11,13-14H2,1-3H3. The van der Waals surface area contributed by atoms with Gasteiger partial charge in [0.25, 0.3) is 0 Å². The zero-order valence-electron chi connectivity index (χ0n) is 12.4. The van der Waals surface area contributed by atoms with E-state index >= 15 is 0 Å². The largest absolute Gasteiger partial charge is 0.316 e. The molecule has 104 valence electrons. The van der Waals surface area contributed by atoms with Crippen LogP contribution in [0.15, 0.2) is 30.3 Å². The van der Waals surface area contributed by atoms with Gasteiger partial charge in [-0.3, -0.25) is 0 Å². The summed E-state index contributed by atoms with van der Waals surface area (Å²) in [5, 5.41) is 12.2. The van der Waals surface area contributed by atoms with Crippen LogP contribution in [0.4, 0.5) is 0 Å². The minimum Gasteiger partial charge on any atom is -0.316 e. The van der Waals surface area contributed by atoms with Crippen molar-refractivity contribution in [2.45, 2.75) is 46.0 Å². The minimum absolute atomic E-state index is 0.214. The molecule has 0 bridgehead atoms. The summed E-state index contributed by atoms with van der Waals surface area (Å²) in [5.74, 6) is 0.593. The Bertz CT molecular complexity index is 389. The number of nitrogens with one attached hydrogen (secondary N) is 1. The lowest BCUT2D eigenvalue weighted by Gasteiger charge is -2.24. The highest BCUT2D eigenvalue weighted by atomic mass is 14.9. The summed E-state index contributed by atoms with van der Waals surface area (Å²) >= 11 is 0. The highest BCUT2D eigenvalue weighted by Gasteiger charge is 2.16. The third kappa shape index (κ3) is 6.40. The molecule has 1 unspecified atom stereocenters. The van der Waals surface area contributed by atoms with Gasteiger partial charge in [0.1, 0.15) is 0 Å². The van der Waals surface area contributed by atoms with E-state index in [2.05, 4.69) is 62.5 Å².